The van der Waals surface area contributed by atoms with Gasteiger partial charge in [-0.15, -0.1) is 0 Å². The van der Waals surface area contributed by atoms with Gasteiger partial charge >= 0.3 is 0 Å². The Morgan fingerprint density at radius 1 is 1.22 bits per heavy atom. The average molecular weight is 372 g/mol. The van der Waals surface area contributed by atoms with Crippen LogP contribution < -0.4 is 5.32 Å². The Balaban J connectivity index is 1.72. The fourth-order valence-electron chi connectivity index (χ4n) is 4.24. The third-order valence-corrected chi connectivity index (χ3v) is 6.15. The first-order chi connectivity index (χ1) is 13.0. The van der Waals surface area contributed by atoms with Gasteiger partial charge in [0.1, 0.15) is 0 Å². The average Bonchev–Trinajstić information content (AvgIpc) is 2.99. The molecule has 2 aromatic rings. The van der Waals surface area contributed by atoms with Gasteiger partial charge in [0.05, 0.1) is 13.2 Å². The van der Waals surface area contributed by atoms with E-state index in [0.717, 1.165) is 61.3 Å². The lowest BCUT2D eigenvalue weighted by Gasteiger charge is -2.38. The molecule has 3 rings (SSSR count). The molecule has 0 saturated carbocycles. The Labute approximate surface area is 162 Å². The first-order valence-electron chi connectivity index (χ1n) is 10.2. The molecule has 0 aliphatic carbocycles. The minimum atomic E-state index is 0.0133. The van der Waals surface area contributed by atoms with Gasteiger partial charge in [-0.05, 0) is 43.5 Å². The van der Waals surface area contributed by atoms with E-state index in [0.29, 0.717) is 18.5 Å². The lowest BCUT2D eigenvalue weighted by molar-refractivity contribution is 0.00191. The molecule has 5 heteroatoms. The highest BCUT2D eigenvalue weighted by molar-refractivity contribution is 5.99. The Hall–Kier alpha value is -1.85. The number of aryl methyl sites for hydroxylation is 2. The van der Waals surface area contributed by atoms with E-state index in [1.807, 2.05) is 18.2 Å². The van der Waals surface area contributed by atoms with Crippen molar-refractivity contribution in [3.8, 4) is 0 Å². The first kappa shape index (κ1) is 19.9. The number of aromatic amines is 1. The number of nitrogens with zero attached hydrogens (tertiary/aromatic N) is 1. The van der Waals surface area contributed by atoms with E-state index in [1.165, 1.54) is 5.56 Å². The number of carbonyl (C=O) groups is 1. The number of fused-ring (bicyclic) bond motifs is 1. The van der Waals surface area contributed by atoms with Crippen LogP contribution >= 0.6 is 0 Å². The van der Waals surface area contributed by atoms with Gasteiger partial charge in [0.2, 0.25) is 0 Å². The number of rotatable bonds is 7. The van der Waals surface area contributed by atoms with E-state index in [1.54, 1.807) is 0 Å². The predicted octanol–water partition coefficient (Wildman–Crippen LogP) is 3.65. The van der Waals surface area contributed by atoms with Gasteiger partial charge in [-0.1, -0.05) is 26.7 Å². The molecule has 0 radical (unpaired) electrons. The third-order valence-electron chi connectivity index (χ3n) is 6.15. The van der Waals surface area contributed by atoms with Crippen molar-refractivity contribution < 1.29 is 9.53 Å². The number of H-pyrrole nitrogens is 1. The summed E-state index contributed by atoms with van der Waals surface area (Å²) in [7, 11) is 0. The van der Waals surface area contributed by atoms with Crippen LogP contribution in [0.25, 0.3) is 10.9 Å². The maximum atomic E-state index is 12.8. The van der Waals surface area contributed by atoms with Crippen molar-refractivity contribution in [2.24, 2.45) is 5.92 Å². The highest BCUT2D eigenvalue weighted by Crippen LogP contribution is 2.23. The van der Waals surface area contributed by atoms with Crippen LogP contribution in [0, 0.1) is 19.8 Å². The molecule has 0 bridgehead atoms. The number of aromatic nitrogens is 1. The third kappa shape index (κ3) is 4.36. The molecule has 2 N–H and O–H groups in total. The van der Waals surface area contributed by atoms with E-state index in [2.05, 4.69) is 42.9 Å². The molecule has 1 aliphatic rings. The number of amides is 1. The second-order valence-electron chi connectivity index (χ2n) is 7.64. The Morgan fingerprint density at radius 3 is 2.59 bits per heavy atom. The minimum absolute atomic E-state index is 0.0133. The van der Waals surface area contributed by atoms with Crippen LogP contribution in [0.3, 0.4) is 0 Å². The number of morpholine rings is 1. The first-order valence-corrected chi connectivity index (χ1v) is 10.2. The van der Waals surface area contributed by atoms with Crippen molar-refractivity contribution >= 4 is 16.8 Å². The molecule has 1 fully saturated rings. The highest BCUT2D eigenvalue weighted by Gasteiger charge is 2.27. The van der Waals surface area contributed by atoms with Gasteiger partial charge < -0.3 is 15.0 Å². The molecule has 0 spiro atoms. The van der Waals surface area contributed by atoms with Gasteiger partial charge in [-0.3, -0.25) is 9.69 Å². The Bertz CT molecular complexity index is 773. The molecule has 1 amide bonds. The van der Waals surface area contributed by atoms with Crippen LogP contribution in [-0.2, 0) is 4.74 Å². The van der Waals surface area contributed by atoms with Crippen molar-refractivity contribution in [2.45, 2.75) is 46.6 Å². The van der Waals surface area contributed by atoms with Gasteiger partial charge in [0.15, 0.2) is 0 Å². The van der Waals surface area contributed by atoms with Crippen LogP contribution in [-0.4, -0.2) is 54.7 Å². The maximum absolute atomic E-state index is 12.8. The van der Waals surface area contributed by atoms with Crippen LogP contribution in [0.2, 0.25) is 0 Å². The molecule has 1 saturated heterocycles. The summed E-state index contributed by atoms with van der Waals surface area (Å²) in [6, 6.07) is 6.29. The lowest BCUT2D eigenvalue weighted by atomic mass is 9.92. The van der Waals surface area contributed by atoms with E-state index >= 15 is 0 Å². The second kappa shape index (κ2) is 8.89. The van der Waals surface area contributed by atoms with Crippen molar-refractivity contribution in [3.63, 3.8) is 0 Å². The van der Waals surface area contributed by atoms with Crippen LogP contribution in [0.15, 0.2) is 18.2 Å². The van der Waals surface area contributed by atoms with E-state index < -0.39 is 0 Å². The highest BCUT2D eigenvalue weighted by atomic mass is 16.5. The fraction of sp³-hybridized carbons (Fsp3) is 0.591. The quantitative estimate of drug-likeness (QED) is 0.781. The molecule has 2 heterocycles. The molecule has 0 unspecified atom stereocenters. The largest absolute Gasteiger partial charge is 0.379 e. The number of carbonyl (C=O) groups excluding carboxylic acids is 1. The number of hydrogen-bond donors (Lipinski definition) is 2. The molecule has 1 aliphatic heterocycles. The van der Waals surface area contributed by atoms with Gasteiger partial charge in [-0.25, -0.2) is 0 Å². The molecule has 1 aromatic heterocycles. The van der Waals surface area contributed by atoms with Crippen molar-refractivity contribution in [2.75, 3.05) is 32.8 Å². The fourth-order valence-corrected chi connectivity index (χ4v) is 4.24. The van der Waals surface area contributed by atoms with E-state index in [-0.39, 0.29) is 5.91 Å². The summed E-state index contributed by atoms with van der Waals surface area (Å²) in [4.78, 5) is 18.7. The van der Waals surface area contributed by atoms with Gasteiger partial charge in [0.25, 0.3) is 5.91 Å². The van der Waals surface area contributed by atoms with Gasteiger partial charge in [-0.2, -0.15) is 0 Å². The summed E-state index contributed by atoms with van der Waals surface area (Å²) in [6.07, 6.45) is 2.25. The SMILES string of the molecule is CCC(CC)[C@H](CNC(=O)c1ccc2[nH]c(C)c(C)c2c1)N1CCOCC1. The summed E-state index contributed by atoms with van der Waals surface area (Å²) in [5, 5.41) is 4.33. The lowest BCUT2D eigenvalue weighted by Crippen LogP contribution is -2.52. The number of benzene rings is 1. The molecular weight excluding hydrogens is 338 g/mol. The zero-order valence-electron chi connectivity index (χ0n) is 17.1. The van der Waals surface area contributed by atoms with E-state index in [4.69, 9.17) is 4.74 Å². The summed E-state index contributed by atoms with van der Waals surface area (Å²) in [6.45, 7) is 12.8. The predicted molar refractivity (Wildman–Crippen MR) is 110 cm³/mol. The molecule has 1 aromatic carbocycles. The molecule has 1 atom stereocenters. The van der Waals surface area contributed by atoms with Crippen LogP contribution in [0.4, 0.5) is 0 Å². The van der Waals surface area contributed by atoms with Gasteiger partial charge in [0, 0.05) is 47.8 Å². The van der Waals surface area contributed by atoms with Crippen molar-refractivity contribution in [3.05, 3.63) is 35.0 Å². The molecular formula is C22H33N3O2. The summed E-state index contributed by atoms with van der Waals surface area (Å²) < 4.78 is 5.51. The van der Waals surface area contributed by atoms with Crippen LogP contribution in [0.5, 0.6) is 0 Å². The van der Waals surface area contributed by atoms with Crippen LogP contribution in [0.1, 0.15) is 48.3 Å². The molecule has 5 nitrogen and oxygen atoms in total. The second-order valence-corrected chi connectivity index (χ2v) is 7.64. The topological polar surface area (TPSA) is 57.4 Å². The Morgan fingerprint density at radius 2 is 1.93 bits per heavy atom. The van der Waals surface area contributed by atoms with Crippen molar-refractivity contribution in [1.82, 2.24) is 15.2 Å². The zero-order valence-corrected chi connectivity index (χ0v) is 17.1. The number of hydrogen-bond acceptors (Lipinski definition) is 3. The summed E-state index contributed by atoms with van der Waals surface area (Å²) >= 11 is 0. The number of ether oxygens (including phenoxy) is 1. The summed E-state index contributed by atoms with van der Waals surface area (Å²) in [5.41, 5.74) is 4.19. The monoisotopic (exact) mass is 371 g/mol. The normalized spacial score (nSPS) is 16.8. The minimum Gasteiger partial charge on any atom is -0.379 e. The van der Waals surface area contributed by atoms with E-state index in [9.17, 15) is 4.79 Å². The molecule has 27 heavy (non-hydrogen) atoms. The maximum Gasteiger partial charge on any atom is 0.251 e. The summed E-state index contributed by atoms with van der Waals surface area (Å²) in [5.74, 6) is 0.597. The smallest absolute Gasteiger partial charge is 0.251 e. The standard InChI is InChI=1S/C22H33N3O2/c1-5-17(6-2)21(25-9-11-27-12-10-25)14-23-22(26)18-7-8-20-19(13-18)15(3)16(4)24-20/h7-8,13,17,21,24H,5-6,9-12,14H2,1-4H3,(H,23,26)/t21-/m0/s1. The molecule has 148 valence electrons. The Kier molecular flexibility index (Phi) is 6.55. The van der Waals surface area contributed by atoms with Crippen molar-refractivity contribution in [1.29, 1.82) is 0 Å². The number of nitrogens with one attached hydrogen (secondary N) is 2. The zero-order chi connectivity index (χ0) is 19.4.